The van der Waals surface area contributed by atoms with Crippen LogP contribution in [0.15, 0.2) is 35.2 Å². The SMILES string of the molecule is Cc1cc(C)nc(NS(=O)(=O)c2ccc(NC(=O)NCCO)cc2)n1. The van der Waals surface area contributed by atoms with Crippen molar-refractivity contribution in [3.63, 3.8) is 0 Å². The number of benzene rings is 1. The van der Waals surface area contributed by atoms with Crippen LogP contribution in [-0.4, -0.2) is 42.7 Å². The van der Waals surface area contributed by atoms with Crippen molar-refractivity contribution in [2.45, 2.75) is 18.7 Å². The molecular formula is C15H19N5O4S. The van der Waals surface area contributed by atoms with Crippen LogP contribution in [-0.2, 0) is 10.0 Å². The first-order valence-electron chi connectivity index (χ1n) is 7.41. The second-order valence-electron chi connectivity index (χ2n) is 5.21. The van der Waals surface area contributed by atoms with Crippen LogP contribution < -0.4 is 15.4 Å². The fourth-order valence-corrected chi connectivity index (χ4v) is 2.96. The zero-order valence-electron chi connectivity index (χ0n) is 13.8. The van der Waals surface area contributed by atoms with Gasteiger partial charge in [0.1, 0.15) is 0 Å². The average molecular weight is 365 g/mol. The Bertz CT molecular complexity index is 832. The van der Waals surface area contributed by atoms with E-state index in [1.807, 2.05) is 0 Å². The van der Waals surface area contributed by atoms with Crippen LogP contribution in [0.2, 0.25) is 0 Å². The smallest absolute Gasteiger partial charge is 0.319 e. The van der Waals surface area contributed by atoms with Crippen molar-refractivity contribution in [1.29, 1.82) is 0 Å². The molecule has 0 spiro atoms. The first kappa shape index (κ1) is 18.6. The number of aryl methyl sites for hydroxylation is 2. The molecule has 1 heterocycles. The van der Waals surface area contributed by atoms with Gasteiger partial charge in [0.25, 0.3) is 10.0 Å². The molecule has 0 aliphatic rings. The first-order chi connectivity index (χ1) is 11.8. The molecule has 1 aromatic heterocycles. The summed E-state index contributed by atoms with van der Waals surface area (Å²) < 4.78 is 27.1. The molecule has 2 amide bonds. The third kappa shape index (κ3) is 5.40. The highest BCUT2D eigenvalue weighted by Crippen LogP contribution is 2.17. The molecule has 2 rings (SSSR count). The van der Waals surface area contributed by atoms with Crippen molar-refractivity contribution in [2.24, 2.45) is 0 Å². The lowest BCUT2D eigenvalue weighted by molar-refractivity contribution is 0.245. The minimum Gasteiger partial charge on any atom is -0.395 e. The van der Waals surface area contributed by atoms with Gasteiger partial charge >= 0.3 is 6.03 Å². The fourth-order valence-electron chi connectivity index (χ4n) is 2.01. The van der Waals surface area contributed by atoms with E-state index in [0.29, 0.717) is 17.1 Å². The largest absolute Gasteiger partial charge is 0.395 e. The summed E-state index contributed by atoms with van der Waals surface area (Å²) in [5.74, 6) is 0.00285. The fraction of sp³-hybridized carbons (Fsp3) is 0.267. The number of urea groups is 1. The number of rotatable bonds is 6. The van der Waals surface area contributed by atoms with E-state index in [2.05, 4.69) is 25.3 Å². The Morgan fingerprint density at radius 2 is 1.72 bits per heavy atom. The van der Waals surface area contributed by atoms with Crippen LogP contribution in [0.5, 0.6) is 0 Å². The highest BCUT2D eigenvalue weighted by atomic mass is 32.2. The molecule has 0 unspecified atom stereocenters. The van der Waals surface area contributed by atoms with Crippen molar-refractivity contribution >= 4 is 27.7 Å². The number of aromatic nitrogens is 2. The van der Waals surface area contributed by atoms with Gasteiger partial charge in [-0.15, -0.1) is 0 Å². The molecule has 0 saturated heterocycles. The molecule has 10 heteroatoms. The van der Waals surface area contributed by atoms with E-state index in [0.717, 1.165) is 0 Å². The molecule has 4 N–H and O–H groups in total. The maximum absolute atomic E-state index is 12.4. The molecular weight excluding hydrogens is 346 g/mol. The van der Waals surface area contributed by atoms with Crippen LogP contribution in [0, 0.1) is 13.8 Å². The predicted octanol–water partition coefficient (Wildman–Crippen LogP) is 1.01. The standard InChI is InChI=1S/C15H19N5O4S/c1-10-9-11(2)18-14(17-10)20-25(23,24)13-5-3-12(4-6-13)19-15(22)16-7-8-21/h3-6,9,21H,7-8H2,1-2H3,(H2,16,19,22)(H,17,18,20). The molecule has 25 heavy (non-hydrogen) atoms. The number of hydrogen-bond donors (Lipinski definition) is 4. The number of aliphatic hydroxyl groups is 1. The lowest BCUT2D eigenvalue weighted by Gasteiger charge is -2.09. The van der Waals surface area contributed by atoms with Gasteiger partial charge < -0.3 is 15.7 Å². The average Bonchev–Trinajstić information content (AvgIpc) is 2.52. The number of hydrogen-bond acceptors (Lipinski definition) is 6. The highest BCUT2D eigenvalue weighted by Gasteiger charge is 2.16. The van der Waals surface area contributed by atoms with Crippen LogP contribution in [0.4, 0.5) is 16.4 Å². The Kier molecular flexibility index (Phi) is 5.88. The zero-order chi connectivity index (χ0) is 18.4. The number of carbonyl (C=O) groups is 1. The number of nitrogens with one attached hydrogen (secondary N) is 3. The van der Waals surface area contributed by atoms with Crippen molar-refractivity contribution in [1.82, 2.24) is 15.3 Å². The molecule has 0 fully saturated rings. The van der Waals surface area contributed by atoms with Gasteiger partial charge in [-0.1, -0.05) is 0 Å². The first-order valence-corrected chi connectivity index (χ1v) is 8.89. The summed E-state index contributed by atoms with van der Waals surface area (Å²) in [4.78, 5) is 19.6. The van der Waals surface area contributed by atoms with E-state index in [-0.39, 0.29) is 24.0 Å². The van der Waals surface area contributed by atoms with Gasteiger partial charge in [0, 0.05) is 23.6 Å². The van der Waals surface area contributed by atoms with Crippen LogP contribution in [0.25, 0.3) is 0 Å². The predicted molar refractivity (Wildman–Crippen MR) is 92.9 cm³/mol. The van der Waals surface area contributed by atoms with Gasteiger partial charge in [0.05, 0.1) is 11.5 Å². The van der Waals surface area contributed by atoms with Gasteiger partial charge in [0.2, 0.25) is 5.95 Å². The van der Waals surface area contributed by atoms with Crippen molar-refractivity contribution in [3.8, 4) is 0 Å². The van der Waals surface area contributed by atoms with E-state index in [1.165, 1.54) is 24.3 Å². The van der Waals surface area contributed by atoms with Gasteiger partial charge in [-0.3, -0.25) is 0 Å². The van der Waals surface area contributed by atoms with Crippen molar-refractivity contribution < 1.29 is 18.3 Å². The molecule has 0 aliphatic heterocycles. The number of amides is 2. The number of aliphatic hydroxyl groups excluding tert-OH is 1. The number of nitrogens with zero attached hydrogens (tertiary/aromatic N) is 2. The number of anilines is 2. The molecule has 1 aromatic carbocycles. The lowest BCUT2D eigenvalue weighted by atomic mass is 10.3. The summed E-state index contributed by atoms with van der Waals surface area (Å²) >= 11 is 0. The summed E-state index contributed by atoms with van der Waals surface area (Å²) in [7, 11) is -3.84. The minimum atomic E-state index is -3.84. The summed E-state index contributed by atoms with van der Waals surface area (Å²) in [5, 5.41) is 13.6. The molecule has 0 radical (unpaired) electrons. The van der Waals surface area contributed by atoms with E-state index < -0.39 is 16.1 Å². The molecule has 134 valence electrons. The van der Waals surface area contributed by atoms with Gasteiger partial charge in [-0.25, -0.2) is 27.9 Å². The molecule has 2 aromatic rings. The maximum Gasteiger partial charge on any atom is 0.319 e. The highest BCUT2D eigenvalue weighted by molar-refractivity contribution is 7.92. The van der Waals surface area contributed by atoms with Crippen molar-refractivity contribution in [3.05, 3.63) is 41.7 Å². The zero-order valence-corrected chi connectivity index (χ0v) is 14.6. The Balaban J connectivity index is 2.10. The van der Waals surface area contributed by atoms with E-state index in [9.17, 15) is 13.2 Å². The lowest BCUT2D eigenvalue weighted by Crippen LogP contribution is -2.30. The second kappa shape index (κ2) is 7.90. The summed E-state index contributed by atoms with van der Waals surface area (Å²) in [5.41, 5.74) is 1.72. The van der Waals surface area contributed by atoms with Gasteiger partial charge in [-0.2, -0.15) is 0 Å². The van der Waals surface area contributed by atoms with Crippen LogP contribution in [0.3, 0.4) is 0 Å². The second-order valence-corrected chi connectivity index (χ2v) is 6.89. The van der Waals surface area contributed by atoms with Gasteiger partial charge in [0.15, 0.2) is 0 Å². The van der Waals surface area contributed by atoms with Crippen LogP contribution >= 0.6 is 0 Å². The third-order valence-corrected chi connectivity index (χ3v) is 4.37. The summed E-state index contributed by atoms with van der Waals surface area (Å²) in [6.45, 7) is 3.44. The third-order valence-electron chi connectivity index (χ3n) is 3.03. The monoisotopic (exact) mass is 365 g/mol. The van der Waals surface area contributed by atoms with Crippen LogP contribution in [0.1, 0.15) is 11.4 Å². The normalized spacial score (nSPS) is 11.0. The van der Waals surface area contributed by atoms with Gasteiger partial charge in [-0.05, 0) is 44.2 Å². The Morgan fingerprint density at radius 1 is 1.12 bits per heavy atom. The Labute approximate surface area is 145 Å². The number of carbonyl (C=O) groups excluding carboxylic acids is 1. The quantitative estimate of drug-likeness (QED) is 0.604. The van der Waals surface area contributed by atoms with Crippen molar-refractivity contribution in [2.75, 3.05) is 23.2 Å². The molecule has 0 saturated carbocycles. The Morgan fingerprint density at radius 3 is 2.28 bits per heavy atom. The Hall–Kier alpha value is -2.72. The molecule has 0 bridgehead atoms. The summed E-state index contributed by atoms with van der Waals surface area (Å²) in [6, 6.07) is 6.86. The van der Waals surface area contributed by atoms with E-state index >= 15 is 0 Å². The minimum absolute atomic E-state index is 0.00285. The molecule has 0 atom stereocenters. The summed E-state index contributed by atoms with van der Waals surface area (Å²) in [6.07, 6.45) is 0. The molecule has 9 nitrogen and oxygen atoms in total. The van der Waals surface area contributed by atoms with E-state index in [1.54, 1.807) is 19.9 Å². The van der Waals surface area contributed by atoms with E-state index in [4.69, 9.17) is 5.11 Å². The maximum atomic E-state index is 12.4. The topological polar surface area (TPSA) is 133 Å². The number of sulfonamides is 1. The molecule has 0 aliphatic carbocycles.